The molecule has 0 radical (unpaired) electrons. The molecular formula is C41H54N3O5+. The number of aromatic hydroxyl groups is 1. The van der Waals surface area contributed by atoms with Gasteiger partial charge in [-0.25, -0.2) is 0 Å². The van der Waals surface area contributed by atoms with E-state index in [1.54, 1.807) is 6.07 Å². The molecular weight excluding hydrogens is 614 g/mol. The van der Waals surface area contributed by atoms with Crippen LogP contribution in [0, 0.1) is 11.8 Å². The minimum atomic E-state index is -0.209. The van der Waals surface area contributed by atoms with Crippen LogP contribution in [0.2, 0.25) is 0 Å². The van der Waals surface area contributed by atoms with Crippen molar-refractivity contribution < 1.29 is 28.6 Å². The lowest BCUT2D eigenvalue weighted by Crippen LogP contribution is -2.64. The highest BCUT2D eigenvalue weighted by atomic mass is 16.5. The first-order valence-electron chi connectivity index (χ1n) is 18.7. The van der Waals surface area contributed by atoms with Crippen LogP contribution in [0.1, 0.15) is 80.5 Å². The maximum absolute atomic E-state index is 11.7. The van der Waals surface area contributed by atoms with Gasteiger partial charge in [0, 0.05) is 48.8 Å². The van der Waals surface area contributed by atoms with Crippen molar-refractivity contribution in [2.24, 2.45) is 11.8 Å². The number of phenols is 1. The summed E-state index contributed by atoms with van der Waals surface area (Å²) >= 11 is 0. The predicted molar refractivity (Wildman–Crippen MR) is 192 cm³/mol. The van der Waals surface area contributed by atoms with Crippen LogP contribution in [0.4, 0.5) is 5.69 Å². The van der Waals surface area contributed by atoms with Crippen LogP contribution in [0.5, 0.6) is 17.2 Å². The number of hydrogen-bond acceptors (Lipinski definition) is 6. The SMILES string of the molecule is C[C@H](NCCc1cc(O)cc2c1OCC(=O)N2)c1ccc(OCCC[N+]23CCC(CC2)[C@H](OCC(c2ccccc2)C2CCCC2)C3)cc1. The van der Waals surface area contributed by atoms with Crippen LogP contribution in [-0.4, -0.2) is 74.1 Å². The molecule has 1 aliphatic carbocycles. The summed E-state index contributed by atoms with van der Waals surface area (Å²) in [5.41, 5.74) is 4.06. The number of nitrogens with zero attached hydrogens (tertiary/aromatic N) is 1. The lowest BCUT2D eigenvalue weighted by molar-refractivity contribution is -0.946. The molecule has 0 spiro atoms. The van der Waals surface area contributed by atoms with Gasteiger partial charge in [-0.2, -0.15) is 0 Å². The van der Waals surface area contributed by atoms with Gasteiger partial charge in [0.1, 0.15) is 29.9 Å². The molecule has 4 aliphatic heterocycles. The van der Waals surface area contributed by atoms with Crippen molar-refractivity contribution >= 4 is 11.6 Å². The Kier molecular flexibility index (Phi) is 10.7. The molecule has 262 valence electrons. The number of piperidine rings is 3. The van der Waals surface area contributed by atoms with Gasteiger partial charge in [-0.05, 0) is 68.0 Å². The van der Waals surface area contributed by atoms with Gasteiger partial charge >= 0.3 is 0 Å². The lowest BCUT2D eigenvalue weighted by atomic mass is 9.82. The van der Waals surface area contributed by atoms with Crippen LogP contribution in [0.3, 0.4) is 0 Å². The molecule has 8 nitrogen and oxygen atoms in total. The van der Waals surface area contributed by atoms with E-state index in [2.05, 4.69) is 72.2 Å². The second kappa shape index (κ2) is 15.5. The number of hydrogen-bond donors (Lipinski definition) is 3. The van der Waals surface area contributed by atoms with E-state index in [0.717, 1.165) is 55.9 Å². The van der Waals surface area contributed by atoms with E-state index in [1.807, 2.05) is 0 Å². The van der Waals surface area contributed by atoms with Gasteiger partial charge in [0.25, 0.3) is 5.91 Å². The number of anilines is 1. The van der Waals surface area contributed by atoms with Crippen molar-refractivity contribution in [3.8, 4) is 17.2 Å². The highest BCUT2D eigenvalue weighted by Gasteiger charge is 2.46. The molecule has 49 heavy (non-hydrogen) atoms. The predicted octanol–water partition coefficient (Wildman–Crippen LogP) is 6.98. The van der Waals surface area contributed by atoms with E-state index in [0.29, 0.717) is 36.4 Å². The number of benzene rings is 3. The maximum Gasteiger partial charge on any atom is 0.262 e. The zero-order chi connectivity index (χ0) is 33.6. The van der Waals surface area contributed by atoms with Crippen molar-refractivity contribution in [1.82, 2.24) is 5.32 Å². The fourth-order valence-corrected chi connectivity index (χ4v) is 8.95. The summed E-state index contributed by atoms with van der Waals surface area (Å²) in [6.07, 6.45) is 10.1. The zero-order valence-corrected chi connectivity index (χ0v) is 29.1. The van der Waals surface area contributed by atoms with Crippen molar-refractivity contribution in [2.45, 2.75) is 76.4 Å². The summed E-state index contributed by atoms with van der Waals surface area (Å²) in [4.78, 5) is 11.7. The normalized spacial score (nSPS) is 24.6. The zero-order valence-electron chi connectivity index (χ0n) is 29.1. The molecule has 3 aromatic rings. The third-order valence-corrected chi connectivity index (χ3v) is 11.8. The Morgan fingerprint density at radius 1 is 1.00 bits per heavy atom. The van der Waals surface area contributed by atoms with Gasteiger partial charge in [-0.3, -0.25) is 4.79 Å². The van der Waals surface area contributed by atoms with E-state index in [1.165, 1.54) is 73.3 Å². The molecule has 3 aromatic carbocycles. The van der Waals surface area contributed by atoms with Crippen molar-refractivity contribution in [3.05, 3.63) is 83.4 Å². The van der Waals surface area contributed by atoms with Crippen LogP contribution in [0.15, 0.2) is 66.7 Å². The summed E-state index contributed by atoms with van der Waals surface area (Å²) in [5.74, 6) is 3.49. The molecule has 5 aliphatic rings. The first-order chi connectivity index (χ1) is 23.9. The Labute approximate surface area is 291 Å². The molecule has 3 N–H and O–H groups in total. The van der Waals surface area contributed by atoms with Crippen LogP contribution >= 0.6 is 0 Å². The van der Waals surface area contributed by atoms with Gasteiger partial charge in [-0.1, -0.05) is 55.3 Å². The van der Waals surface area contributed by atoms with Gasteiger partial charge < -0.3 is 34.4 Å². The summed E-state index contributed by atoms with van der Waals surface area (Å²) in [5, 5.41) is 16.4. The first-order valence-corrected chi connectivity index (χ1v) is 18.7. The second-order valence-electron chi connectivity index (χ2n) is 15.0. The third-order valence-electron chi connectivity index (χ3n) is 11.8. The molecule has 8 rings (SSSR count). The number of rotatable bonds is 15. The fraction of sp³-hybridized carbons (Fsp3) is 0.537. The van der Waals surface area contributed by atoms with Gasteiger partial charge in [-0.15, -0.1) is 0 Å². The van der Waals surface area contributed by atoms with E-state index in [-0.39, 0.29) is 24.3 Å². The number of phenolic OH excluding ortho intramolecular Hbond substituents is 1. The highest BCUT2D eigenvalue weighted by molar-refractivity contribution is 5.96. The topological polar surface area (TPSA) is 89.0 Å². The molecule has 4 fully saturated rings. The van der Waals surface area contributed by atoms with Crippen molar-refractivity contribution in [1.29, 1.82) is 0 Å². The lowest BCUT2D eigenvalue weighted by Gasteiger charge is -2.52. The standard InChI is InChI=1S/C41H53N3O5/c1-29(42-19-16-34-24-35(45)25-38-41(34)49-28-40(46)43-38)30-12-14-36(15-13-30)47-23-7-20-44-21-17-33(18-22-44)39(26-44)48-27-37(32-10-5-6-11-32)31-8-3-2-4-9-31/h2-4,8-9,12-15,24-25,29,32-33,37,39,42H,5-7,10-11,16-23,26-28H2,1H3,(H-,43,45,46)/p+1/t29-,33?,37?,39+,44?/m0/s1. The molecule has 3 atom stereocenters. The molecule has 1 amide bonds. The van der Waals surface area contributed by atoms with Crippen LogP contribution in [-0.2, 0) is 16.0 Å². The first kappa shape index (κ1) is 33.9. The molecule has 0 aromatic heterocycles. The second-order valence-corrected chi connectivity index (χ2v) is 15.0. The van der Waals surface area contributed by atoms with Crippen LogP contribution in [0.25, 0.3) is 0 Å². The van der Waals surface area contributed by atoms with E-state index >= 15 is 0 Å². The van der Waals surface area contributed by atoms with E-state index in [9.17, 15) is 9.90 Å². The Hall–Kier alpha value is -3.59. The van der Waals surface area contributed by atoms with Crippen molar-refractivity contribution in [3.63, 3.8) is 0 Å². The summed E-state index contributed by atoms with van der Waals surface area (Å²) in [6.45, 7) is 9.34. The Bertz CT molecular complexity index is 1530. The van der Waals surface area contributed by atoms with Gasteiger partial charge in [0.2, 0.25) is 0 Å². The number of carbonyl (C=O) groups is 1. The number of ether oxygens (including phenoxy) is 3. The van der Waals surface area contributed by atoms with Crippen molar-refractivity contribution in [2.75, 3.05) is 57.9 Å². The van der Waals surface area contributed by atoms with Gasteiger partial charge in [0.05, 0.1) is 38.5 Å². The molecule has 1 unspecified atom stereocenters. The Morgan fingerprint density at radius 3 is 2.55 bits per heavy atom. The molecule has 8 heteroatoms. The Balaban J connectivity index is 0.847. The molecule has 3 saturated heterocycles. The molecule has 1 saturated carbocycles. The number of carbonyl (C=O) groups excluding carboxylic acids is 1. The number of quaternary nitrogens is 1. The average Bonchev–Trinajstić information content (AvgIpc) is 3.66. The minimum Gasteiger partial charge on any atom is -0.508 e. The monoisotopic (exact) mass is 668 g/mol. The summed E-state index contributed by atoms with van der Waals surface area (Å²) in [6, 6.07) is 22.9. The third kappa shape index (κ3) is 8.25. The smallest absolute Gasteiger partial charge is 0.262 e. The average molecular weight is 669 g/mol. The maximum atomic E-state index is 11.7. The molecule has 2 bridgehead atoms. The minimum absolute atomic E-state index is 0.00485. The fourth-order valence-electron chi connectivity index (χ4n) is 8.95. The largest absolute Gasteiger partial charge is 0.508 e. The number of nitrogens with one attached hydrogen (secondary N) is 2. The number of amides is 1. The summed E-state index contributed by atoms with van der Waals surface area (Å²) in [7, 11) is 0. The van der Waals surface area contributed by atoms with Crippen LogP contribution < -0.4 is 20.1 Å². The Morgan fingerprint density at radius 2 is 1.78 bits per heavy atom. The molecule has 4 heterocycles. The van der Waals surface area contributed by atoms with E-state index in [4.69, 9.17) is 14.2 Å². The van der Waals surface area contributed by atoms with E-state index < -0.39 is 0 Å². The number of fused-ring (bicyclic) bond motifs is 4. The highest BCUT2D eigenvalue weighted by Crippen LogP contribution is 2.40. The quantitative estimate of drug-likeness (QED) is 0.120. The van der Waals surface area contributed by atoms with Gasteiger partial charge in [0.15, 0.2) is 6.61 Å². The summed E-state index contributed by atoms with van der Waals surface area (Å²) < 4.78 is 19.9.